The summed E-state index contributed by atoms with van der Waals surface area (Å²) in [6.07, 6.45) is 1.22. The fraction of sp³-hybridized carbons (Fsp3) is 0.0667. The number of phenolic OH excluding ortho intramolecular Hbond substituents is 1. The van der Waals surface area contributed by atoms with Gasteiger partial charge in [0.15, 0.2) is 5.78 Å². The van der Waals surface area contributed by atoms with Crippen molar-refractivity contribution >= 4 is 16.8 Å². The van der Waals surface area contributed by atoms with Crippen LogP contribution in [-0.2, 0) is 0 Å². The molecule has 3 rings (SSSR count). The van der Waals surface area contributed by atoms with E-state index in [9.17, 15) is 19.5 Å². The summed E-state index contributed by atoms with van der Waals surface area (Å²) in [5.74, 6) is -0.338. The minimum atomic E-state index is -0.681. The number of phenols is 1. The van der Waals surface area contributed by atoms with E-state index in [1.54, 1.807) is 0 Å². The first-order valence-corrected chi connectivity index (χ1v) is 6.53. The van der Waals surface area contributed by atoms with Crippen molar-refractivity contribution in [1.29, 1.82) is 0 Å². The molecule has 2 heterocycles. The lowest BCUT2D eigenvalue weighted by Crippen LogP contribution is -2.22. The number of methoxy groups -OCH3 is 1. The van der Waals surface area contributed by atoms with Gasteiger partial charge in [0.05, 0.1) is 18.1 Å². The van der Waals surface area contributed by atoms with E-state index in [1.807, 2.05) is 0 Å². The quantitative estimate of drug-likeness (QED) is 0.607. The van der Waals surface area contributed by atoms with Crippen molar-refractivity contribution in [3.05, 3.63) is 62.4 Å². The Kier molecular flexibility index (Phi) is 3.41. The number of carbonyl (C=O) groups is 1. The second-order valence-corrected chi connectivity index (χ2v) is 4.74. The standard InChI is InChI=1S/C15H11N3O5/c1-23-8-2-3-11(19)9(5-8)12(20)7-4-10-13(16-6-7)17-15(22)18-14(10)21/h2-6,19H,1H3,(H2,16,17,18,21,22). The third-order valence-electron chi connectivity index (χ3n) is 3.30. The summed E-state index contributed by atoms with van der Waals surface area (Å²) in [4.78, 5) is 43.8. The van der Waals surface area contributed by atoms with E-state index in [0.29, 0.717) is 5.75 Å². The van der Waals surface area contributed by atoms with Crippen molar-refractivity contribution in [1.82, 2.24) is 15.0 Å². The number of nitrogens with one attached hydrogen (secondary N) is 2. The van der Waals surface area contributed by atoms with Gasteiger partial charge in [-0.25, -0.2) is 9.78 Å². The number of ketones is 1. The summed E-state index contributed by atoms with van der Waals surface area (Å²) in [6, 6.07) is 5.54. The number of pyridine rings is 1. The number of carbonyl (C=O) groups excluding carboxylic acids is 1. The molecular weight excluding hydrogens is 302 g/mol. The second kappa shape index (κ2) is 5.41. The summed E-state index contributed by atoms with van der Waals surface area (Å²) in [5.41, 5.74) is -1.14. The summed E-state index contributed by atoms with van der Waals surface area (Å²) >= 11 is 0. The van der Waals surface area contributed by atoms with Gasteiger partial charge in [-0.15, -0.1) is 0 Å². The Labute approximate surface area is 128 Å². The number of rotatable bonds is 3. The molecule has 116 valence electrons. The monoisotopic (exact) mass is 313 g/mol. The molecule has 3 N–H and O–H groups in total. The van der Waals surface area contributed by atoms with E-state index >= 15 is 0 Å². The maximum Gasteiger partial charge on any atom is 0.327 e. The molecule has 1 aromatic carbocycles. The van der Waals surface area contributed by atoms with E-state index in [2.05, 4.69) is 15.0 Å². The Bertz CT molecular complexity index is 1040. The Morgan fingerprint density at radius 3 is 2.74 bits per heavy atom. The highest BCUT2D eigenvalue weighted by Gasteiger charge is 2.16. The highest BCUT2D eigenvalue weighted by molar-refractivity contribution is 6.11. The van der Waals surface area contributed by atoms with Crippen molar-refractivity contribution in [3.63, 3.8) is 0 Å². The Balaban J connectivity index is 2.15. The molecule has 0 bridgehead atoms. The number of aromatic nitrogens is 3. The lowest BCUT2D eigenvalue weighted by Gasteiger charge is -2.07. The highest BCUT2D eigenvalue weighted by Crippen LogP contribution is 2.25. The molecule has 0 aliphatic carbocycles. The largest absolute Gasteiger partial charge is 0.507 e. The third kappa shape index (κ3) is 2.57. The minimum Gasteiger partial charge on any atom is -0.507 e. The molecule has 0 amide bonds. The lowest BCUT2D eigenvalue weighted by molar-refractivity contribution is 0.103. The summed E-state index contributed by atoms with van der Waals surface area (Å²) in [6.45, 7) is 0. The number of hydrogen-bond acceptors (Lipinski definition) is 6. The highest BCUT2D eigenvalue weighted by atomic mass is 16.5. The first-order valence-electron chi connectivity index (χ1n) is 6.53. The molecule has 0 spiro atoms. The molecule has 23 heavy (non-hydrogen) atoms. The number of benzene rings is 1. The Hall–Kier alpha value is -3.42. The Morgan fingerprint density at radius 2 is 2.00 bits per heavy atom. The molecule has 2 aromatic heterocycles. The van der Waals surface area contributed by atoms with Crippen LogP contribution in [0, 0.1) is 0 Å². The number of fused-ring (bicyclic) bond motifs is 1. The van der Waals surface area contributed by atoms with Crippen molar-refractivity contribution < 1.29 is 14.6 Å². The first-order chi connectivity index (χ1) is 11.0. The van der Waals surface area contributed by atoms with E-state index in [4.69, 9.17) is 4.74 Å². The zero-order valence-corrected chi connectivity index (χ0v) is 11.9. The van der Waals surface area contributed by atoms with E-state index in [0.717, 1.165) is 0 Å². The van der Waals surface area contributed by atoms with Gasteiger partial charge in [-0.2, -0.15) is 0 Å². The molecule has 0 saturated heterocycles. The van der Waals surface area contributed by atoms with Gasteiger partial charge in [-0.05, 0) is 24.3 Å². The van der Waals surface area contributed by atoms with Crippen LogP contribution in [0.3, 0.4) is 0 Å². The van der Waals surface area contributed by atoms with Gasteiger partial charge in [-0.3, -0.25) is 19.6 Å². The van der Waals surface area contributed by atoms with Crippen LogP contribution >= 0.6 is 0 Å². The van der Waals surface area contributed by atoms with Crippen LogP contribution in [0.4, 0.5) is 0 Å². The van der Waals surface area contributed by atoms with E-state index < -0.39 is 17.0 Å². The molecule has 0 atom stereocenters. The third-order valence-corrected chi connectivity index (χ3v) is 3.30. The van der Waals surface area contributed by atoms with Crippen molar-refractivity contribution in [3.8, 4) is 11.5 Å². The fourth-order valence-corrected chi connectivity index (χ4v) is 2.15. The first kappa shape index (κ1) is 14.5. The fourth-order valence-electron chi connectivity index (χ4n) is 2.15. The van der Waals surface area contributed by atoms with Crippen LogP contribution in [0.15, 0.2) is 40.1 Å². The van der Waals surface area contributed by atoms with Gasteiger partial charge in [0.2, 0.25) is 0 Å². The molecule has 0 fully saturated rings. The number of hydrogen-bond donors (Lipinski definition) is 3. The molecule has 0 aliphatic heterocycles. The van der Waals surface area contributed by atoms with E-state index in [-0.39, 0.29) is 27.9 Å². The molecule has 8 nitrogen and oxygen atoms in total. The second-order valence-electron chi connectivity index (χ2n) is 4.74. The molecule has 3 aromatic rings. The lowest BCUT2D eigenvalue weighted by atomic mass is 10.0. The SMILES string of the molecule is COc1ccc(O)c(C(=O)c2cnc3[nH]c(=O)[nH]c(=O)c3c2)c1. The van der Waals surface area contributed by atoms with Crippen LogP contribution in [-0.4, -0.2) is 33.0 Å². The maximum absolute atomic E-state index is 12.5. The predicted octanol–water partition coefficient (Wildman–Crippen LogP) is 0.557. The Morgan fingerprint density at radius 1 is 1.22 bits per heavy atom. The number of nitrogens with zero attached hydrogens (tertiary/aromatic N) is 1. The maximum atomic E-state index is 12.5. The van der Waals surface area contributed by atoms with Crippen molar-refractivity contribution in [2.45, 2.75) is 0 Å². The van der Waals surface area contributed by atoms with E-state index in [1.165, 1.54) is 37.6 Å². The summed E-state index contributed by atoms with van der Waals surface area (Å²) < 4.78 is 5.02. The number of H-pyrrole nitrogens is 2. The zero-order chi connectivity index (χ0) is 16.6. The zero-order valence-electron chi connectivity index (χ0n) is 11.9. The molecule has 8 heteroatoms. The van der Waals surface area contributed by atoms with Gasteiger partial charge >= 0.3 is 5.69 Å². The van der Waals surface area contributed by atoms with Crippen LogP contribution < -0.4 is 16.0 Å². The van der Waals surface area contributed by atoms with Crippen LogP contribution in [0.25, 0.3) is 11.0 Å². The minimum absolute atomic E-state index is 0.0198. The predicted molar refractivity (Wildman–Crippen MR) is 81.1 cm³/mol. The molecular formula is C15H11N3O5. The number of aromatic amines is 2. The molecule has 0 saturated carbocycles. The molecule has 0 aliphatic rings. The molecule has 0 unspecified atom stereocenters. The van der Waals surface area contributed by atoms with Gasteiger partial charge in [0.1, 0.15) is 17.1 Å². The van der Waals surface area contributed by atoms with Gasteiger partial charge in [-0.1, -0.05) is 0 Å². The topological polar surface area (TPSA) is 125 Å². The van der Waals surface area contributed by atoms with Crippen LogP contribution in [0.1, 0.15) is 15.9 Å². The number of aromatic hydroxyl groups is 1. The van der Waals surface area contributed by atoms with Crippen molar-refractivity contribution in [2.75, 3.05) is 7.11 Å². The average molecular weight is 313 g/mol. The van der Waals surface area contributed by atoms with Gasteiger partial charge < -0.3 is 9.84 Å². The van der Waals surface area contributed by atoms with Crippen LogP contribution in [0.2, 0.25) is 0 Å². The van der Waals surface area contributed by atoms with Gasteiger partial charge in [0, 0.05) is 11.8 Å². The summed E-state index contributed by atoms with van der Waals surface area (Å²) in [5, 5.41) is 9.92. The molecule has 0 radical (unpaired) electrons. The normalized spacial score (nSPS) is 10.7. The number of ether oxygens (including phenoxy) is 1. The van der Waals surface area contributed by atoms with Crippen molar-refractivity contribution in [2.24, 2.45) is 0 Å². The smallest absolute Gasteiger partial charge is 0.327 e. The average Bonchev–Trinajstić information content (AvgIpc) is 2.54. The summed E-state index contributed by atoms with van der Waals surface area (Å²) in [7, 11) is 1.44. The van der Waals surface area contributed by atoms with Crippen LogP contribution in [0.5, 0.6) is 11.5 Å². The van der Waals surface area contributed by atoms with Gasteiger partial charge in [0.25, 0.3) is 5.56 Å².